The number of aryl methyl sites for hydroxylation is 1. The van der Waals surface area contributed by atoms with Gasteiger partial charge < -0.3 is 9.47 Å². The Bertz CT molecular complexity index is 822. The summed E-state index contributed by atoms with van der Waals surface area (Å²) in [4.78, 5) is 11.7. The summed E-state index contributed by atoms with van der Waals surface area (Å²) in [6.45, 7) is 4.73. The maximum Gasteiger partial charge on any atom is 0.416 e. The van der Waals surface area contributed by atoms with E-state index in [1.54, 1.807) is 17.7 Å². The number of ether oxygens (including phenoxy) is 2. The van der Waals surface area contributed by atoms with Crippen LogP contribution in [0.1, 0.15) is 49.9 Å². The second-order valence-electron chi connectivity index (χ2n) is 6.44. The van der Waals surface area contributed by atoms with Gasteiger partial charge in [0, 0.05) is 16.8 Å². The molecular weight excluding hydrogens is 409 g/mol. The van der Waals surface area contributed by atoms with Gasteiger partial charge in [0.2, 0.25) is 5.88 Å². The second-order valence-corrected chi connectivity index (χ2v) is 6.85. The topological polar surface area (TPSA) is 53.4 Å². The van der Waals surface area contributed by atoms with E-state index in [4.69, 9.17) is 21.1 Å². The highest BCUT2D eigenvalue weighted by atomic mass is 35.5. The van der Waals surface area contributed by atoms with E-state index in [1.165, 1.54) is 6.07 Å². The summed E-state index contributed by atoms with van der Waals surface area (Å²) in [7, 11) is 0. The van der Waals surface area contributed by atoms with Gasteiger partial charge in [-0.2, -0.15) is 13.2 Å². The molecule has 0 saturated carbocycles. The lowest BCUT2D eigenvalue weighted by Gasteiger charge is -2.12. The maximum absolute atomic E-state index is 12.8. The molecule has 0 atom stereocenters. The first-order chi connectivity index (χ1) is 13.7. The van der Waals surface area contributed by atoms with Gasteiger partial charge in [-0.15, -0.1) is 5.10 Å². The van der Waals surface area contributed by atoms with Crippen molar-refractivity contribution in [1.82, 2.24) is 9.78 Å². The molecule has 0 aliphatic heterocycles. The van der Waals surface area contributed by atoms with Gasteiger partial charge in [0.1, 0.15) is 0 Å². The van der Waals surface area contributed by atoms with E-state index in [2.05, 4.69) is 5.10 Å². The molecule has 0 aliphatic rings. The molecule has 0 amide bonds. The van der Waals surface area contributed by atoms with Crippen molar-refractivity contribution in [3.8, 4) is 5.88 Å². The number of hydrogen-bond donors (Lipinski definition) is 0. The first-order valence-corrected chi connectivity index (χ1v) is 9.83. The number of aromatic nitrogens is 2. The van der Waals surface area contributed by atoms with Crippen molar-refractivity contribution < 1.29 is 27.4 Å². The fourth-order valence-electron chi connectivity index (χ4n) is 2.64. The molecule has 160 valence electrons. The van der Waals surface area contributed by atoms with E-state index in [0.29, 0.717) is 36.8 Å². The van der Waals surface area contributed by atoms with Gasteiger partial charge >= 0.3 is 12.1 Å². The van der Waals surface area contributed by atoms with Crippen molar-refractivity contribution in [3.63, 3.8) is 0 Å². The average molecular weight is 433 g/mol. The molecule has 0 fully saturated rings. The molecule has 1 heterocycles. The van der Waals surface area contributed by atoms with Crippen LogP contribution in [-0.2, 0) is 28.7 Å². The number of carbonyl (C=O) groups excluding carboxylic acids is 1. The highest BCUT2D eigenvalue weighted by Crippen LogP contribution is 2.32. The normalized spacial score (nSPS) is 11.5. The second kappa shape index (κ2) is 10.5. The van der Waals surface area contributed by atoms with Gasteiger partial charge in [-0.25, -0.2) is 0 Å². The molecule has 0 N–H and O–H groups in total. The molecule has 9 heteroatoms. The van der Waals surface area contributed by atoms with Crippen molar-refractivity contribution in [1.29, 1.82) is 0 Å². The number of alkyl halides is 3. The van der Waals surface area contributed by atoms with E-state index in [1.807, 2.05) is 6.92 Å². The zero-order valence-corrected chi connectivity index (χ0v) is 17.1. The Morgan fingerprint density at radius 2 is 2.00 bits per heavy atom. The molecule has 2 rings (SSSR count). The van der Waals surface area contributed by atoms with Crippen LogP contribution in [0, 0.1) is 0 Å². The molecule has 0 spiro atoms. The minimum Gasteiger partial charge on any atom is -0.477 e. The zero-order chi connectivity index (χ0) is 21.4. The van der Waals surface area contributed by atoms with Crippen molar-refractivity contribution in [2.24, 2.45) is 0 Å². The van der Waals surface area contributed by atoms with Crippen LogP contribution in [0.2, 0.25) is 5.02 Å². The van der Waals surface area contributed by atoms with Crippen molar-refractivity contribution in [3.05, 3.63) is 46.1 Å². The van der Waals surface area contributed by atoms with Crippen LogP contribution in [0.5, 0.6) is 5.88 Å². The Balaban J connectivity index is 2.21. The van der Waals surface area contributed by atoms with Crippen molar-refractivity contribution in [2.75, 3.05) is 13.2 Å². The number of esters is 1. The predicted molar refractivity (Wildman–Crippen MR) is 103 cm³/mol. The third-order valence-electron chi connectivity index (χ3n) is 4.18. The van der Waals surface area contributed by atoms with Crippen LogP contribution in [-0.4, -0.2) is 29.0 Å². The molecule has 0 radical (unpaired) electrons. The number of unbranched alkanes of at least 4 members (excludes halogenated alkanes) is 1. The van der Waals surface area contributed by atoms with Crippen LogP contribution in [0.4, 0.5) is 13.2 Å². The highest BCUT2D eigenvalue weighted by Gasteiger charge is 2.31. The van der Waals surface area contributed by atoms with E-state index in [0.717, 1.165) is 25.0 Å². The summed E-state index contributed by atoms with van der Waals surface area (Å²) < 4.78 is 50.7. The van der Waals surface area contributed by atoms with Crippen molar-refractivity contribution >= 4 is 17.6 Å². The molecule has 0 unspecified atom stereocenters. The molecule has 2 aromatic rings. The molecule has 29 heavy (non-hydrogen) atoms. The third kappa shape index (κ3) is 6.96. The Morgan fingerprint density at radius 3 is 2.62 bits per heavy atom. The van der Waals surface area contributed by atoms with Crippen molar-refractivity contribution in [2.45, 2.75) is 52.3 Å². The van der Waals surface area contributed by atoms with Crippen LogP contribution >= 0.6 is 11.6 Å². The maximum atomic E-state index is 12.8. The molecule has 5 nitrogen and oxygen atoms in total. The summed E-state index contributed by atoms with van der Waals surface area (Å²) in [5, 5.41) is 4.38. The van der Waals surface area contributed by atoms with E-state index < -0.39 is 11.7 Å². The number of rotatable bonds is 10. The largest absolute Gasteiger partial charge is 0.477 e. The average Bonchev–Trinajstić information content (AvgIpc) is 3.03. The summed E-state index contributed by atoms with van der Waals surface area (Å²) in [5.74, 6) is 0.0709. The SMILES string of the molecule is CCCCOc1cc(CCC(=O)OCC)n(Cc2ccc(C(F)(F)F)cc2Cl)n1. The molecular formula is C20H24ClF3N2O3. The van der Waals surface area contributed by atoms with Crippen LogP contribution < -0.4 is 4.74 Å². The first-order valence-electron chi connectivity index (χ1n) is 9.45. The predicted octanol–water partition coefficient (Wildman–Crippen LogP) is 5.28. The monoisotopic (exact) mass is 432 g/mol. The molecule has 0 aliphatic carbocycles. The van der Waals surface area contributed by atoms with Crippen LogP contribution in [0.15, 0.2) is 24.3 Å². The first kappa shape index (κ1) is 23.1. The molecule has 0 saturated heterocycles. The Kier molecular flexibility index (Phi) is 8.37. The van der Waals surface area contributed by atoms with Gasteiger partial charge in [-0.3, -0.25) is 9.48 Å². The zero-order valence-electron chi connectivity index (χ0n) is 16.4. The minimum absolute atomic E-state index is 0.000110. The lowest BCUT2D eigenvalue weighted by molar-refractivity contribution is -0.143. The lowest BCUT2D eigenvalue weighted by Crippen LogP contribution is -2.11. The number of carbonyl (C=O) groups is 1. The summed E-state index contributed by atoms with van der Waals surface area (Å²) in [6, 6.07) is 4.95. The fraction of sp³-hybridized carbons (Fsp3) is 0.500. The van der Waals surface area contributed by atoms with E-state index in [9.17, 15) is 18.0 Å². The van der Waals surface area contributed by atoms with E-state index >= 15 is 0 Å². The molecule has 1 aromatic heterocycles. The number of nitrogens with zero attached hydrogens (tertiary/aromatic N) is 2. The van der Waals surface area contributed by atoms with Gasteiger partial charge in [-0.1, -0.05) is 31.0 Å². The lowest BCUT2D eigenvalue weighted by atomic mass is 10.1. The van der Waals surface area contributed by atoms with Gasteiger partial charge in [0.05, 0.1) is 31.7 Å². The van der Waals surface area contributed by atoms with Gasteiger partial charge in [0.25, 0.3) is 0 Å². The molecule has 0 bridgehead atoms. The highest BCUT2D eigenvalue weighted by molar-refractivity contribution is 6.31. The standard InChI is InChI=1S/C20H24ClF3N2O3/c1-3-5-10-29-18-12-16(8-9-19(27)28-4-2)26(25-18)13-14-6-7-15(11-17(14)21)20(22,23)24/h6-7,11-12H,3-5,8-10,13H2,1-2H3. The Morgan fingerprint density at radius 1 is 1.24 bits per heavy atom. The number of halogens is 4. The quantitative estimate of drug-likeness (QED) is 0.378. The summed E-state index contributed by atoms with van der Waals surface area (Å²) >= 11 is 6.07. The van der Waals surface area contributed by atoms with Crippen LogP contribution in [0.25, 0.3) is 0 Å². The van der Waals surface area contributed by atoms with Crippen LogP contribution in [0.3, 0.4) is 0 Å². The third-order valence-corrected chi connectivity index (χ3v) is 4.53. The number of benzene rings is 1. The Labute approximate surface area is 172 Å². The van der Waals surface area contributed by atoms with Gasteiger partial charge in [0.15, 0.2) is 0 Å². The molecule has 1 aromatic carbocycles. The fourth-order valence-corrected chi connectivity index (χ4v) is 2.88. The van der Waals surface area contributed by atoms with Gasteiger partial charge in [-0.05, 0) is 37.5 Å². The minimum atomic E-state index is -4.46. The Hall–Kier alpha value is -2.22. The van der Waals surface area contributed by atoms with E-state index in [-0.39, 0.29) is 24.0 Å². The summed E-state index contributed by atoms with van der Waals surface area (Å²) in [5.41, 5.74) is 0.388. The summed E-state index contributed by atoms with van der Waals surface area (Å²) in [6.07, 6.45) is -2.10. The smallest absolute Gasteiger partial charge is 0.416 e. The number of hydrogen-bond acceptors (Lipinski definition) is 4.